The van der Waals surface area contributed by atoms with Gasteiger partial charge in [-0.05, 0) is 53.9 Å². The second-order valence-corrected chi connectivity index (χ2v) is 6.19. The largest absolute Gasteiger partial charge is 0.369 e. The Hall–Kier alpha value is -0.650. The van der Waals surface area contributed by atoms with Gasteiger partial charge in [0.15, 0.2) is 0 Å². The molecule has 1 rings (SSSR count). The Balaban J connectivity index is 2.22. The van der Waals surface area contributed by atoms with Crippen LogP contribution in [0.3, 0.4) is 0 Å². The molecule has 1 saturated heterocycles. The zero-order valence-electron chi connectivity index (χ0n) is 13.8. The maximum Gasteiger partial charge on any atom is 0.248 e. The molecular weight excluding hydrogens is 254 g/mol. The molecule has 5 nitrogen and oxygen atoms in total. The molecule has 0 aromatic carbocycles. The summed E-state index contributed by atoms with van der Waals surface area (Å²) in [6.45, 7) is 8.12. The molecule has 0 radical (unpaired) electrons. The Morgan fingerprint density at radius 2 is 1.85 bits per heavy atom. The van der Waals surface area contributed by atoms with E-state index in [4.69, 9.17) is 4.74 Å². The van der Waals surface area contributed by atoms with Crippen molar-refractivity contribution < 1.29 is 9.53 Å². The number of amides is 1. The van der Waals surface area contributed by atoms with Crippen LogP contribution in [-0.4, -0.2) is 86.7 Å². The summed E-state index contributed by atoms with van der Waals surface area (Å²) in [4.78, 5) is 18.4. The van der Waals surface area contributed by atoms with Crippen molar-refractivity contribution in [1.82, 2.24) is 14.7 Å². The number of likely N-dealkylation sites (tertiary alicyclic amines) is 1. The topological polar surface area (TPSA) is 36.0 Å². The summed E-state index contributed by atoms with van der Waals surface area (Å²) in [7, 11) is 6.20. The highest BCUT2D eigenvalue weighted by Gasteiger charge is 2.21. The number of nitrogens with zero attached hydrogens (tertiary/aromatic N) is 3. The number of carbonyl (C=O) groups is 1. The Morgan fingerprint density at radius 3 is 2.40 bits per heavy atom. The van der Waals surface area contributed by atoms with Gasteiger partial charge in [-0.2, -0.15) is 0 Å². The van der Waals surface area contributed by atoms with E-state index >= 15 is 0 Å². The normalized spacial score (nSPS) is 17.9. The van der Waals surface area contributed by atoms with E-state index in [1.165, 1.54) is 25.9 Å². The van der Waals surface area contributed by atoms with Gasteiger partial charge < -0.3 is 19.4 Å². The van der Waals surface area contributed by atoms with E-state index < -0.39 is 0 Å². The molecule has 0 bridgehead atoms. The van der Waals surface area contributed by atoms with Gasteiger partial charge in [-0.25, -0.2) is 0 Å². The zero-order chi connectivity index (χ0) is 15.1. The van der Waals surface area contributed by atoms with Crippen molar-refractivity contribution in [1.29, 1.82) is 0 Å². The van der Waals surface area contributed by atoms with Gasteiger partial charge in [0.25, 0.3) is 0 Å². The SMILES string of the molecule is CC(C)OCC(=O)N(C)CCN(C)C1CCN(C)CC1. The molecular formula is C15H31N3O2. The van der Waals surface area contributed by atoms with Gasteiger partial charge in [0.05, 0.1) is 6.10 Å². The lowest BCUT2D eigenvalue weighted by molar-refractivity contribution is -0.136. The zero-order valence-corrected chi connectivity index (χ0v) is 13.8. The molecule has 0 N–H and O–H groups in total. The van der Waals surface area contributed by atoms with Gasteiger partial charge in [0, 0.05) is 26.2 Å². The van der Waals surface area contributed by atoms with Crippen LogP contribution in [0.1, 0.15) is 26.7 Å². The lowest BCUT2D eigenvalue weighted by Gasteiger charge is -2.35. The van der Waals surface area contributed by atoms with Gasteiger partial charge in [0.2, 0.25) is 5.91 Å². The van der Waals surface area contributed by atoms with Crippen molar-refractivity contribution in [3.05, 3.63) is 0 Å². The van der Waals surface area contributed by atoms with Crippen LogP contribution in [0, 0.1) is 0 Å². The fraction of sp³-hybridized carbons (Fsp3) is 0.933. The quantitative estimate of drug-likeness (QED) is 0.696. The predicted octanol–water partition coefficient (Wildman–Crippen LogP) is 0.896. The molecule has 1 amide bonds. The van der Waals surface area contributed by atoms with Crippen LogP contribution in [0.5, 0.6) is 0 Å². The lowest BCUT2D eigenvalue weighted by Crippen LogP contribution is -2.45. The Labute approximate surface area is 123 Å². The smallest absolute Gasteiger partial charge is 0.248 e. The highest BCUT2D eigenvalue weighted by Crippen LogP contribution is 2.13. The van der Waals surface area contributed by atoms with E-state index in [1.54, 1.807) is 4.90 Å². The van der Waals surface area contributed by atoms with E-state index in [2.05, 4.69) is 23.9 Å². The average molecular weight is 285 g/mol. The first-order valence-corrected chi connectivity index (χ1v) is 7.64. The van der Waals surface area contributed by atoms with Crippen LogP contribution in [-0.2, 0) is 9.53 Å². The van der Waals surface area contributed by atoms with Crippen molar-refractivity contribution >= 4 is 5.91 Å². The molecule has 0 atom stereocenters. The number of likely N-dealkylation sites (N-methyl/N-ethyl adjacent to an activating group) is 2. The summed E-state index contributed by atoms with van der Waals surface area (Å²) in [6, 6.07) is 0.654. The maximum atomic E-state index is 11.9. The van der Waals surface area contributed by atoms with E-state index in [0.717, 1.165) is 13.1 Å². The van der Waals surface area contributed by atoms with E-state index in [-0.39, 0.29) is 18.6 Å². The highest BCUT2D eigenvalue weighted by molar-refractivity contribution is 5.77. The lowest BCUT2D eigenvalue weighted by atomic mass is 10.0. The first kappa shape index (κ1) is 17.4. The molecule has 0 unspecified atom stereocenters. The van der Waals surface area contributed by atoms with Crippen LogP contribution in [0.2, 0.25) is 0 Å². The number of hydrogen-bond donors (Lipinski definition) is 0. The minimum Gasteiger partial charge on any atom is -0.369 e. The maximum absolute atomic E-state index is 11.9. The summed E-state index contributed by atoms with van der Waals surface area (Å²) < 4.78 is 5.35. The average Bonchev–Trinajstić information content (AvgIpc) is 2.42. The van der Waals surface area contributed by atoms with Gasteiger partial charge in [-0.3, -0.25) is 4.79 Å². The summed E-state index contributed by atoms with van der Waals surface area (Å²) in [5.74, 6) is 0.0653. The van der Waals surface area contributed by atoms with Crippen LogP contribution >= 0.6 is 0 Å². The van der Waals surface area contributed by atoms with E-state index in [0.29, 0.717) is 6.04 Å². The van der Waals surface area contributed by atoms with Crippen LogP contribution in [0.25, 0.3) is 0 Å². The fourth-order valence-electron chi connectivity index (χ4n) is 2.40. The third-order valence-corrected chi connectivity index (χ3v) is 4.07. The van der Waals surface area contributed by atoms with Gasteiger partial charge in [0.1, 0.15) is 6.61 Å². The predicted molar refractivity (Wildman–Crippen MR) is 81.9 cm³/mol. The first-order valence-electron chi connectivity index (χ1n) is 7.64. The van der Waals surface area contributed by atoms with Crippen molar-refractivity contribution in [3.8, 4) is 0 Å². The Bertz CT molecular complexity index is 289. The standard InChI is InChI=1S/C15H31N3O2/c1-13(2)20-12-15(19)18(5)11-10-17(4)14-6-8-16(3)9-7-14/h13-14H,6-12H2,1-5H3. The first-order chi connectivity index (χ1) is 9.40. The summed E-state index contributed by atoms with van der Waals surface area (Å²) in [5, 5.41) is 0. The number of hydrogen-bond acceptors (Lipinski definition) is 4. The highest BCUT2D eigenvalue weighted by atomic mass is 16.5. The number of carbonyl (C=O) groups excluding carboxylic acids is 1. The van der Waals surface area contributed by atoms with Crippen molar-refractivity contribution in [2.75, 3.05) is 53.9 Å². The molecule has 5 heteroatoms. The molecule has 1 aliphatic heterocycles. The molecule has 1 heterocycles. The fourth-order valence-corrected chi connectivity index (χ4v) is 2.40. The molecule has 1 aliphatic rings. The van der Waals surface area contributed by atoms with Crippen molar-refractivity contribution in [3.63, 3.8) is 0 Å². The number of piperidine rings is 1. The number of rotatable bonds is 7. The van der Waals surface area contributed by atoms with Crippen LogP contribution in [0.4, 0.5) is 0 Å². The minimum atomic E-state index is 0.0653. The molecule has 0 spiro atoms. The Kier molecular flexibility index (Phi) is 7.48. The van der Waals surface area contributed by atoms with E-state index in [1.807, 2.05) is 20.9 Å². The summed E-state index contributed by atoms with van der Waals surface area (Å²) >= 11 is 0. The summed E-state index contributed by atoms with van der Waals surface area (Å²) in [5.41, 5.74) is 0. The van der Waals surface area contributed by atoms with Gasteiger partial charge >= 0.3 is 0 Å². The minimum absolute atomic E-state index is 0.0653. The molecule has 0 aliphatic carbocycles. The third kappa shape index (κ3) is 6.20. The number of ether oxygens (including phenoxy) is 1. The molecule has 0 saturated carbocycles. The summed E-state index contributed by atoms with van der Waals surface area (Å²) in [6.07, 6.45) is 2.55. The van der Waals surface area contributed by atoms with Gasteiger partial charge in [-0.1, -0.05) is 0 Å². The second kappa shape index (κ2) is 8.60. The van der Waals surface area contributed by atoms with Crippen LogP contribution in [0.15, 0.2) is 0 Å². The van der Waals surface area contributed by atoms with Crippen molar-refractivity contribution in [2.24, 2.45) is 0 Å². The molecule has 20 heavy (non-hydrogen) atoms. The molecule has 0 aromatic rings. The molecule has 0 aromatic heterocycles. The van der Waals surface area contributed by atoms with E-state index in [9.17, 15) is 4.79 Å². The van der Waals surface area contributed by atoms with Crippen LogP contribution < -0.4 is 0 Å². The van der Waals surface area contributed by atoms with Crippen molar-refractivity contribution in [2.45, 2.75) is 38.8 Å². The molecule has 118 valence electrons. The second-order valence-electron chi connectivity index (χ2n) is 6.19. The monoisotopic (exact) mass is 285 g/mol. The van der Waals surface area contributed by atoms with Gasteiger partial charge in [-0.15, -0.1) is 0 Å². The third-order valence-electron chi connectivity index (χ3n) is 4.07. The Morgan fingerprint density at radius 1 is 1.25 bits per heavy atom. The molecule has 1 fully saturated rings.